The first-order valence-corrected chi connectivity index (χ1v) is 16.8. The van der Waals surface area contributed by atoms with E-state index in [-0.39, 0.29) is 29.8 Å². The van der Waals surface area contributed by atoms with Gasteiger partial charge in [0.25, 0.3) is 0 Å². The first-order chi connectivity index (χ1) is 19.3. The van der Waals surface area contributed by atoms with Crippen LogP contribution in [-0.2, 0) is 14.3 Å². The van der Waals surface area contributed by atoms with Crippen LogP contribution >= 0.6 is 11.8 Å². The summed E-state index contributed by atoms with van der Waals surface area (Å²) in [5.74, 6) is 0.920. The minimum atomic E-state index is -0.925. The van der Waals surface area contributed by atoms with Crippen molar-refractivity contribution in [3.05, 3.63) is 47.6 Å². The lowest BCUT2D eigenvalue weighted by molar-refractivity contribution is -0.155. The second kappa shape index (κ2) is 11.3. The van der Waals surface area contributed by atoms with Gasteiger partial charge in [-0.1, -0.05) is 36.8 Å². The summed E-state index contributed by atoms with van der Waals surface area (Å²) in [6, 6.07) is 8.85. The molecule has 0 aromatic heterocycles. The molecule has 1 heterocycles. The predicted molar refractivity (Wildman–Crippen MR) is 159 cm³/mol. The summed E-state index contributed by atoms with van der Waals surface area (Å²) in [7, 11) is 0. The van der Waals surface area contributed by atoms with Gasteiger partial charge in [0.1, 0.15) is 5.78 Å². The number of thioether (sulfide) groups is 1. The Hall–Kier alpha value is -1.44. The highest BCUT2D eigenvalue weighted by Gasteiger charge is 2.64. The second-order valence-electron chi connectivity index (χ2n) is 13.0. The number of hydrogen-bond donors (Lipinski definition) is 2. The predicted octanol–water partition coefficient (Wildman–Crippen LogP) is 6.71. The lowest BCUT2D eigenvalue weighted by atomic mass is 9.49. The summed E-state index contributed by atoms with van der Waals surface area (Å²) in [6.45, 7) is 3.47. The van der Waals surface area contributed by atoms with Crippen molar-refractivity contribution in [2.45, 2.75) is 106 Å². The Bertz CT molecular complexity index is 1150. The SMILES string of the molecule is CC[C@]12CC(c3ccc(SC)cc3)=C3[C@@H](CC[C@@]4(O)CC(=O)CC[C@H]34)[C@@H]1CC[C@@]2(O)C=CCOC1CCCCO1. The molecule has 4 fully saturated rings. The number of allylic oxidation sites excluding steroid dienone is 1. The molecule has 4 aliphatic carbocycles. The van der Waals surface area contributed by atoms with Crippen molar-refractivity contribution in [3.8, 4) is 0 Å². The monoisotopic (exact) mass is 566 g/mol. The molecule has 6 heteroatoms. The van der Waals surface area contributed by atoms with Gasteiger partial charge < -0.3 is 19.7 Å². The molecule has 2 N–H and O–H groups in total. The average molecular weight is 567 g/mol. The van der Waals surface area contributed by atoms with Gasteiger partial charge in [-0.25, -0.2) is 0 Å². The maximum absolute atomic E-state index is 12.5. The molecule has 3 saturated carbocycles. The maximum atomic E-state index is 12.5. The van der Waals surface area contributed by atoms with Crippen molar-refractivity contribution in [1.29, 1.82) is 0 Å². The number of carbonyl (C=O) groups is 1. The summed E-state index contributed by atoms with van der Waals surface area (Å²) >= 11 is 1.74. The quantitative estimate of drug-likeness (QED) is 0.282. The molecule has 5 nitrogen and oxygen atoms in total. The van der Waals surface area contributed by atoms with E-state index in [9.17, 15) is 15.0 Å². The number of rotatable bonds is 7. The lowest BCUT2D eigenvalue weighted by Gasteiger charge is -2.57. The molecule has 0 radical (unpaired) electrons. The highest BCUT2D eigenvalue weighted by Crippen LogP contribution is 2.68. The van der Waals surface area contributed by atoms with Crippen LogP contribution in [0.2, 0.25) is 0 Å². The van der Waals surface area contributed by atoms with Gasteiger partial charge >= 0.3 is 0 Å². The van der Waals surface area contributed by atoms with E-state index in [0.29, 0.717) is 31.3 Å². The molecule has 0 amide bonds. The molecule has 1 aromatic rings. The Balaban J connectivity index is 1.37. The van der Waals surface area contributed by atoms with Gasteiger partial charge in [0.2, 0.25) is 0 Å². The third-order valence-electron chi connectivity index (χ3n) is 11.2. The molecule has 5 aliphatic rings. The van der Waals surface area contributed by atoms with Gasteiger partial charge in [-0.05, 0) is 106 Å². The van der Waals surface area contributed by atoms with Crippen LogP contribution in [0.4, 0.5) is 0 Å². The zero-order chi connectivity index (χ0) is 28.0. The van der Waals surface area contributed by atoms with Crippen LogP contribution in [0.5, 0.6) is 0 Å². The Morgan fingerprint density at radius 3 is 2.62 bits per heavy atom. The molecule has 1 saturated heterocycles. The van der Waals surface area contributed by atoms with Crippen molar-refractivity contribution < 1.29 is 24.5 Å². The van der Waals surface area contributed by atoms with Crippen molar-refractivity contribution in [3.63, 3.8) is 0 Å². The van der Waals surface area contributed by atoms with E-state index < -0.39 is 11.2 Å². The summed E-state index contributed by atoms with van der Waals surface area (Å²) in [5, 5.41) is 24.3. The normalized spacial score (nSPS) is 39.8. The highest BCUT2D eigenvalue weighted by atomic mass is 32.2. The van der Waals surface area contributed by atoms with Crippen molar-refractivity contribution >= 4 is 23.1 Å². The largest absolute Gasteiger partial charge is 0.389 e. The van der Waals surface area contributed by atoms with E-state index in [1.54, 1.807) is 11.8 Å². The van der Waals surface area contributed by atoms with E-state index in [4.69, 9.17) is 9.47 Å². The fourth-order valence-electron chi connectivity index (χ4n) is 9.27. The smallest absolute Gasteiger partial charge is 0.157 e. The molecule has 0 bridgehead atoms. The average Bonchev–Trinajstić information content (AvgIpc) is 3.27. The summed E-state index contributed by atoms with van der Waals surface area (Å²) in [6.07, 6.45) is 15.8. The molecular formula is C34H46O5S. The van der Waals surface area contributed by atoms with Crippen LogP contribution in [0.3, 0.4) is 0 Å². The molecule has 40 heavy (non-hydrogen) atoms. The molecule has 7 atom stereocenters. The molecule has 1 aromatic carbocycles. The summed E-state index contributed by atoms with van der Waals surface area (Å²) in [4.78, 5) is 13.7. The van der Waals surface area contributed by atoms with E-state index in [2.05, 4.69) is 43.5 Å². The lowest BCUT2D eigenvalue weighted by Crippen LogP contribution is -2.55. The number of benzene rings is 1. The number of hydrogen-bond acceptors (Lipinski definition) is 6. The topological polar surface area (TPSA) is 76.0 Å². The Kier molecular flexibility index (Phi) is 8.12. The van der Waals surface area contributed by atoms with E-state index in [1.165, 1.54) is 21.6 Å². The number of aliphatic hydroxyl groups is 2. The summed E-state index contributed by atoms with van der Waals surface area (Å²) < 4.78 is 11.7. The van der Waals surface area contributed by atoms with Crippen LogP contribution in [0.15, 0.2) is 46.9 Å². The molecule has 6 rings (SSSR count). The number of ether oxygens (including phenoxy) is 2. The van der Waals surface area contributed by atoms with Crippen molar-refractivity contribution in [2.75, 3.05) is 19.5 Å². The molecule has 1 aliphatic heterocycles. The van der Waals surface area contributed by atoms with Gasteiger partial charge in [0.05, 0.1) is 17.8 Å². The fraction of sp³-hybridized carbons (Fsp3) is 0.676. The van der Waals surface area contributed by atoms with Gasteiger partial charge in [-0.2, -0.15) is 0 Å². The van der Waals surface area contributed by atoms with Gasteiger partial charge in [0, 0.05) is 35.7 Å². The molecular weight excluding hydrogens is 520 g/mol. The van der Waals surface area contributed by atoms with Gasteiger partial charge in [-0.15, -0.1) is 11.8 Å². The van der Waals surface area contributed by atoms with Crippen LogP contribution < -0.4 is 0 Å². The van der Waals surface area contributed by atoms with Crippen molar-refractivity contribution in [1.82, 2.24) is 0 Å². The number of ketones is 1. The zero-order valence-electron chi connectivity index (χ0n) is 24.2. The van der Waals surface area contributed by atoms with E-state index in [0.717, 1.165) is 64.4 Å². The number of carbonyl (C=O) groups excluding carboxylic acids is 1. The Morgan fingerprint density at radius 2 is 1.90 bits per heavy atom. The van der Waals surface area contributed by atoms with Gasteiger partial charge in [-0.3, -0.25) is 4.79 Å². The Morgan fingerprint density at radius 1 is 1.07 bits per heavy atom. The maximum Gasteiger partial charge on any atom is 0.157 e. The minimum Gasteiger partial charge on any atom is -0.389 e. The standard InChI is InChI=1S/C34H46O5S/c1-3-32-22-27(23-8-11-25(40-2)12-9-23)31-26(14-17-33(36)21-24(35)10-13-29(31)33)28(32)15-18-34(32,37)16-6-20-39-30-7-4-5-19-38-30/h6,8-9,11-12,16,26,28-30,36-37H,3-5,7,10,13-15,17-22H2,1-2H3/t26-,28-,29+,30?,32-,33+,34-/m0/s1. The zero-order valence-corrected chi connectivity index (χ0v) is 25.0. The van der Waals surface area contributed by atoms with Crippen LogP contribution in [0, 0.1) is 23.2 Å². The van der Waals surface area contributed by atoms with Crippen LogP contribution in [0.1, 0.15) is 89.5 Å². The van der Waals surface area contributed by atoms with Crippen molar-refractivity contribution in [2.24, 2.45) is 23.2 Å². The van der Waals surface area contributed by atoms with E-state index in [1.807, 2.05) is 6.08 Å². The number of fused-ring (bicyclic) bond motifs is 5. The summed E-state index contributed by atoms with van der Waals surface area (Å²) in [5.41, 5.74) is 1.82. The first kappa shape index (κ1) is 28.7. The molecule has 1 unspecified atom stereocenters. The van der Waals surface area contributed by atoms with Crippen LogP contribution in [0.25, 0.3) is 5.57 Å². The second-order valence-corrected chi connectivity index (χ2v) is 13.9. The molecule has 0 spiro atoms. The van der Waals surface area contributed by atoms with E-state index >= 15 is 0 Å². The highest BCUT2D eigenvalue weighted by molar-refractivity contribution is 7.98. The Labute approximate surface area is 243 Å². The van der Waals surface area contributed by atoms with Crippen LogP contribution in [-0.4, -0.2) is 53.0 Å². The fourth-order valence-corrected chi connectivity index (χ4v) is 9.68. The number of Topliss-reactive ketones (excluding diaryl/α,β-unsaturated/α-hetero) is 1. The third-order valence-corrected chi connectivity index (χ3v) is 12.0. The molecule has 218 valence electrons. The first-order valence-electron chi connectivity index (χ1n) is 15.6. The third kappa shape index (κ3) is 4.86. The van der Waals surface area contributed by atoms with Gasteiger partial charge in [0.15, 0.2) is 6.29 Å². The minimum absolute atomic E-state index is 0.0298.